The Morgan fingerprint density at radius 1 is 1.08 bits per heavy atom. The summed E-state index contributed by atoms with van der Waals surface area (Å²) in [6.45, 7) is 1.25. The molecule has 6 heteroatoms. The van der Waals surface area contributed by atoms with Crippen LogP contribution in [0.5, 0.6) is 5.75 Å². The number of rotatable bonds is 6. The summed E-state index contributed by atoms with van der Waals surface area (Å²) < 4.78 is 8.05. The third-order valence-electron chi connectivity index (χ3n) is 4.44. The highest BCUT2D eigenvalue weighted by atomic mass is 16.5. The maximum atomic E-state index is 12.8. The van der Waals surface area contributed by atoms with Gasteiger partial charge in [-0.3, -0.25) is 4.79 Å². The molecule has 1 aliphatic rings. The van der Waals surface area contributed by atoms with Gasteiger partial charge in [-0.1, -0.05) is 48.5 Å². The molecule has 0 radical (unpaired) electrons. The van der Waals surface area contributed by atoms with Gasteiger partial charge in [0.2, 0.25) is 6.10 Å². The lowest BCUT2D eigenvalue weighted by Crippen LogP contribution is -2.32. The first-order chi connectivity index (χ1) is 12.8. The zero-order valence-corrected chi connectivity index (χ0v) is 14.3. The molecular weight excluding hydrogens is 328 g/mol. The van der Waals surface area contributed by atoms with Crippen LogP contribution in [0.25, 0.3) is 0 Å². The number of amides is 1. The quantitative estimate of drug-likeness (QED) is 0.744. The highest BCUT2D eigenvalue weighted by Crippen LogP contribution is 2.22. The fourth-order valence-corrected chi connectivity index (χ4v) is 3.14. The Morgan fingerprint density at radius 2 is 1.81 bits per heavy atom. The average Bonchev–Trinajstić information content (AvgIpc) is 3.30. The van der Waals surface area contributed by atoms with Gasteiger partial charge < -0.3 is 14.6 Å². The SMILES string of the molecule is O=C(NCc1nnc2n1CCC2)[C@@H](Oc1ccccc1)c1ccccc1. The number of ether oxygens (including phenoxy) is 1. The molecular formula is C20H20N4O2. The fraction of sp³-hybridized carbons (Fsp3) is 0.250. The summed E-state index contributed by atoms with van der Waals surface area (Å²) in [6.07, 6.45) is 1.31. The molecule has 0 fully saturated rings. The molecule has 2 aromatic carbocycles. The van der Waals surface area contributed by atoms with Crippen LogP contribution in [0.15, 0.2) is 60.7 Å². The van der Waals surface area contributed by atoms with Gasteiger partial charge in [-0.25, -0.2) is 0 Å². The summed E-state index contributed by atoms with van der Waals surface area (Å²) in [7, 11) is 0. The van der Waals surface area contributed by atoms with Gasteiger partial charge >= 0.3 is 0 Å². The Labute approximate surface area is 151 Å². The van der Waals surface area contributed by atoms with Crippen molar-refractivity contribution >= 4 is 5.91 Å². The lowest BCUT2D eigenvalue weighted by atomic mass is 10.1. The van der Waals surface area contributed by atoms with Gasteiger partial charge in [0.1, 0.15) is 11.6 Å². The topological polar surface area (TPSA) is 69.0 Å². The summed E-state index contributed by atoms with van der Waals surface area (Å²) in [5, 5.41) is 11.3. The normalized spacial score (nSPS) is 13.8. The highest BCUT2D eigenvalue weighted by molar-refractivity contribution is 5.82. The number of fused-ring (bicyclic) bond motifs is 1. The summed E-state index contributed by atoms with van der Waals surface area (Å²) in [6, 6.07) is 18.9. The Bertz CT molecular complexity index is 877. The van der Waals surface area contributed by atoms with Crippen LogP contribution in [-0.4, -0.2) is 20.7 Å². The molecule has 4 rings (SSSR count). The molecule has 1 aliphatic heterocycles. The van der Waals surface area contributed by atoms with Crippen LogP contribution in [0.3, 0.4) is 0 Å². The molecule has 0 spiro atoms. The zero-order chi connectivity index (χ0) is 17.8. The first-order valence-electron chi connectivity index (χ1n) is 8.76. The summed E-state index contributed by atoms with van der Waals surface area (Å²) in [5.41, 5.74) is 0.806. The molecule has 1 aromatic heterocycles. The number of hydrogen-bond acceptors (Lipinski definition) is 4. The molecule has 2 heterocycles. The number of nitrogens with zero attached hydrogens (tertiary/aromatic N) is 3. The Kier molecular flexibility index (Phi) is 4.64. The van der Waals surface area contributed by atoms with Gasteiger partial charge in [-0.15, -0.1) is 10.2 Å². The van der Waals surface area contributed by atoms with Crippen molar-refractivity contribution in [1.29, 1.82) is 0 Å². The largest absolute Gasteiger partial charge is 0.476 e. The van der Waals surface area contributed by atoms with Gasteiger partial charge in [0, 0.05) is 18.5 Å². The van der Waals surface area contributed by atoms with Crippen LogP contribution in [0.1, 0.15) is 29.7 Å². The van der Waals surface area contributed by atoms with Crippen LogP contribution >= 0.6 is 0 Å². The van der Waals surface area contributed by atoms with E-state index in [2.05, 4.69) is 20.1 Å². The summed E-state index contributed by atoms with van der Waals surface area (Å²) in [5.74, 6) is 2.24. The lowest BCUT2D eigenvalue weighted by Gasteiger charge is -2.19. The summed E-state index contributed by atoms with van der Waals surface area (Å²) >= 11 is 0. The van der Waals surface area contributed by atoms with E-state index >= 15 is 0 Å². The average molecular weight is 348 g/mol. The molecule has 0 saturated heterocycles. The van der Waals surface area contributed by atoms with Gasteiger partial charge in [0.15, 0.2) is 5.82 Å². The molecule has 1 amide bonds. The first kappa shape index (κ1) is 16.3. The highest BCUT2D eigenvalue weighted by Gasteiger charge is 2.24. The van der Waals surface area contributed by atoms with Gasteiger partial charge in [-0.05, 0) is 18.6 Å². The van der Waals surface area contributed by atoms with E-state index in [4.69, 9.17) is 4.74 Å². The maximum Gasteiger partial charge on any atom is 0.266 e. The van der Waals surface area contributed by atoms with E-state index in [9.17, 15) is 4.79 Å². The van der Waals surface area contributed by atoms with Crippen molar-refractivity contribution < 1.29 is 9.53 Å². The summed E-state index contributed by atoms with van der Waals surface area (Å²) in [4.78, 5) is 12.8. The van der Waals surface area contributed by atoms with E-state index in [1.807, 2.05) is 60.7 Å². The number of carbonyl (C=O) groups is 1. The minimum Gasteiger partial charge on any atom is -0.476 e. The second-order valence-electron chi connectivity index (χ2n) is 6.23. The van der Waals surface area contributed by atoms with Crippen molar-refractivity contribution in [3.05, 3.63) is 77.9 Å². The number of para-hydroxylation sites is 1. The van der Waals surface area contributed by atoms with Gasteiger partial charge in [0.25, 0.3) is 5.91 Å². The molecule has 0 saturated carbocycles. The second-order valence-corrected chi connectivity index (χ2v) is 6.23. The van der Waals surface area contributed by atoms with E-state index in [1.165, 1.54) is 0 Å². The molecule has 6 nitrogen and oxygen atoms in total. The van der Waals surface area contributed by atoms with Crippen molar-refractivity contribution in [2.24, 2.45) is 0 Å². The molecule has 0 bridgehead atoms. The number of aromatic nitrogens is 3. The molecule has 0 unspecified atom stereocenters. The number of benzene rings is 2. The van der Waals surface area contributed by atoms with E-state index in [0.717, 1.165) is 36.6 Å². The Hall–Kier alpha value is -3.15. The second kappa shape index (κ2) is 7.39. The minimum absolute atomic E-state index is 0.199. The van der Waals surface area contributed by atoms with E-state index < -0.39 is 6.10 Å². The molecule has 26 heavy (non-hydrogen) atoms. The van der Waals surface area contributed by atoms with E-state index in [-0.39, 0.29) is 5.91 Å². The van der Waals surface area contributed by atoms with Crippen LogP contribution in [0.2, 0.25) is 0 Å². The van der Waals surface area contributed by atoms with Crippen molar-refractivity contribution in [3.63, 3.8) is 0 Å². The lowest BCUT2D eigenvalue weighted by molar-refractivity contribution is -0.128. The standard InChI is InChI=1S/C20H20N4O2/c25-20(21-14-18-23-22-17-12-7-13-24(17)18)19(15-8-3-1-4-9-15)26-16-10-5-2-6-11-16/h1-6,8-11,19H,7,12-14H2,(H,21,25)/t19-/m0/s1. The molecule has 132 valence electrons. The zero-order valence-electron chi connectivity index (χ0n) is 14.3. The molecule has 0 aliphatic carbocycles. The third kappa shape index (κ3) is 3.44. The first-order valence-corrected chi connectivity index (χ1v) is 8.76. The number of hydrogen-bond donors (Lipinski definition) is 1. The van der Waals surface area contributed by atoms with Gasteiger partial charge in [0.05, 0.1) is 6.54 Å². The number of carbonyl (C=O) groups excluding carboxylic acids is 1. The van der Waals surface area contributed by atoms with Crippen molar-refractivity contribution in [2.75, 3.05) is 0 Å². The maximum absolute atomic E-state index is 12.8. The van der Waals surface area contributed by atoms with Crippen molar-refractivity contribution in [2.45, 2.75) is 32.0 Å². The van der Waals surface area contributed by atoms with E-state index in [0.29, 0.717) is 12.3 Å². The van der Waals surface area contributed by atoms with Crippen LogP contribution in [-0.2, 0) is 24.3 Å². The van der Waals surface area contributed by atoms with Crippen LogP contribution < -0.4 is 10.1 Å². The number of nitrogens with one attached hydrogen (secondary N) is 1. The van der Waals surface area contributed by atoms with Crippen LogP contribution in [0, 0.1) is 0 Å². The van der Waals surface area contributed by atoms with E-state index in [1.54, 1.807) is 0 Å². The Morgan fingerprint density at radius 3 is 2.58 bits per heavy atom. The predicted octanol–water partition coefficient (Wildman–Crippen LogP) is 2.66. The monoisotopic (exact) mass is 348 g/mol. The van der Waals surface area contributed by atoms with Gasteiger partial charge in [-0.2, -0.15) is 0 Å². The predicted molar refractivity (Wildman–Crippen MR) is 96.4 cm³/mol. The third-order valence-corrected chi connectivity index (χ3v) is 4.44. The number of aryl methyl sites for hydroxylation is 1. The molecule has 1 N–H and O–H groups in total. The minimum atomic E-state index is -0.723. The molecule has 3 aromatic rings. The van der Waals surface area contributed by atoms with Crippen molar-refractivity contribution in [1.82, 2.24) is 20.1 Å². The van der Waals surface area contributed by atoms with Crippen molar-refractivity contribution in [3.8, 4) is 5.75 Å². The Balaban J connectivity index is 1.50. The fourth-order valence-electron chi connectivity index (χ4n) is 3.14. The molecule has 1 atom stereocenters. The van der Waals surface area contributed by atoms with Crippen LogP contribution in [0.4, 0.5) is 0 Å². The smallest absolute Gasteiger partial charge is 0.266 e.